The van der Waals surface area contributed by atoms with E-state index >= 15 is 0 Å². The molecule has 0 nitrogen and oxygen atoms in total. The number of hydrogen-bond donors (Lipinski definition) is 0. The fraction of sp³-hybridized carbons (Fsp3) is 0.323. The predicted octanol–water partition coefficient (Wildman–Crippen LogP) is 35.9. The third-order valence-corrected chi connectivity index (χ3v) is 28.4. The summed E-state index contributed by atoms with van der Waals surface area (Å²) in [6.07, 6.45) is 43.1. The van der Waals surface area contributed by atoms with Gasteiger partial charge in [-0.25, -0.2) is 0 Å². The standard InChI is InChI=1S/C130H144/c1-119(2,3)111-73-103(74-112(81-111)120(4,5)6)53-49-95-33-25-91(26-34-95)41-45-99-57-65-107(66-58-99)127-85-128(108-67-59-100(60-68-108)46-42-92-27-35-96(36-28-92)50-54-104-75-113(121(7,8)9)82-114(76-104)122(10,11)12)88-129(86-127,109-69-61-101(62-70-109)47-43-93-29-37-97(38-30-93)51-55-105-77-115(123(13,14)15)83-116(78-105)124(16,17)18)90-130(87-127,89-128)110-71-63-102(64-72-110)48-44-94-31-39-98(40-32-94)52-56-106-79-117(125(19,20)21)84-118(80-106)126(22,23)24/h25-84H,85-90H2,1-24H3/b45-41+,46-42+,47-43+,48-44+,53-49+,54-50+,55-51+,56-52+. The summed E-state index contributed by atoms with van der Waals surface area (Å²) >= 11 is 0. The summed E-state index contributed by atoms with van der Waals surface area (Å²) in [5.74, 6) is 0. The number of benzene rings is 12. The van der Waals surface area contributed by atoms with E-state index < -0.39 is 0 Å². The van der Waals surface area contributed by atoms with Crippen molar-refractivity contribution < 1.29 is 0 Å². The van der Waals surface area contributed by atoms with Crippen LogP contribution >= 0.6 is 0 Å². The maximum Gasteiger partial charge on any atom is -0.00215 e. The first-order valence-electron chi connectivity index (χ1n) is 48.0. The minimum atomic E-state index is -0.133. The molecule has 664 valence electrons. The van der Waals surface area contributed by atoms with Crippen molar-refractivity contribution >= 4 is 97.2 Å². The number of rotatable bonds is 20. The van der Waals surface area contributed by atoms with Crippen molar-refractivity contribution in [3.05, 3.63) is 423 Å². The molecule has 0 radical (unpaired) electrons. The van der Waals surface area contributed by atoms with E-state index in [1.807, 2.05) is 0 Å². The molecule has 0 amide bonds. The highest BCUT2D eigenvalue weighted by Crippen LogP contribution is 2.75. The van der Waals surface area contributed by atoms with Crippen molar-refractivity contribution in [2.75, 3.05) is 0 Å². The van der Waals surface area contributed by atoms with E-state index in [0.717, 1.165) is 38.5 Å². The molecule has 12 aromatic rings. The molecule has 16 rings (SSSR count). The van der Waals surface area contributed by atoms with Gasteiger partial charge in [-0.2, -0.15) is 0 Å². The van der Waals surface area contributed by atoms with Gasteiger partial charge in [-0.05, 0) is 259 Å². The molecular weight excluding hydrogens is 1560 g/mol. The van der Waals surface area contributed by atoms with Gasteiger partial charge in [-0.3, -0.25) is 0 Å². The normalized spacial score (nSPS) is 19.1. The first-order valence-corrected chi connectivity index (χ1v) is 48.0. The van der Waals surface area contributed by atoms with Crippen molar-refractivity contribution in [1.82, 2.24) is 0 Å². The van der Waals surface area contributed by atoms with Crippen molar-refractivity contribution in [2.24, 2.45) is 0 Å². The Morgan fingerprint density at radius 3 is 0.323 bits per heavy atom. The summed E-state index contributed by atoms with van der Waals surface area (Å²) in [5.41, 5.74) is 36.1. The van der Waals surface area contributed by atoms with Crippen LogP contribution in [-0.4, -0.2) is 0 Å². The van der Waals surface area contributed by atoms with E-state index in [2.05, 4.69) is 530 Å². The second-order valence-corrected chi connectivity index (χ2v) is 47.4. The summed E-state index contributed by atoms with van der Waals surface area (Å²) in [4.78, 5) is 0. The van der Waals surface area contributed by atoms with Gasteiger partial charge in [0.1, 0.15) is 0 Å². The molecule has 0 heterocycles. The fourth-order valence-corrected chi connectivity index (χ4v) is 20.5. The van der Waals surface area contributed by atoms with E-state index in [0.29, 0.717) is 0 Å². The Balaban J connectivity index is 0.756. The zero-order valence-corrected chi connectivity index (χ0v) is 82.9. The first kappa shape index (κ1) is 93.2. The molecule has 4 bridgehead atoms. The van der Waals surface area contributed by atoms with Crippen LogP contribution in [0.2, 0.25) is 0 Å². The highest BCUT2D eigenvalue weighted by molar-refractivity contribution is 5.79. The van der Waals surface area contributed by atoms with Crippen LogP contribution in [0.1, 0.15) is 360 Å². The summed E-state index contributed by atoms with van der Waals surface area (Å²) in [6.45, 7) is 55.5. The van der Waals surface area contributed by atoms with Crippen LogP contribution in [0.3, 0.4) is 0 Å². The Morgan fingerprint density at radius 2 is 0.223 bits per heavy atom. The molecular formula is C130H144. The second kappa shape index (κ2) is 36.0. The van der Waals surface area contributed by atoms with Gasteiger partial charge in [0.05, 0.1) is 0 Å². The molecule has 0 atom stereocenters. The minimum absolute atomic E-state index is 0.0603. The van der Waals surface area contributed by atoms with Crippen molar-refractivity contribution in [3.63, 3.8) is 0 Å². The molecule has 0 aliphatic heterocycles. The van der Waals surface area contributed by atoms with Gasteiger partial charge in [0.2, 0.25) is 0 Å². The zero-order chi connectivity index (χ0) is 92.8. The molecule has 0 spiro atoms. The van der Waals surface area contributed by atoms with Gasteiger partial charge in [0, 0.05) is 0 Å². The summed E-state index contributed by atoms with van der Waals surface area (Å²) in [5, 5.41) is 0. The van der Waals surface area contributed by atoms with Crippen molar-refractivity contribution in [2.45, 2.75) is 270 Å². The van der Waals surface area contributed by atoms with Crippen LogP contribution in [-0.2, 0) is 65.0 Å². The summed E-state index contributed by atoms with van der Waals surface area (Å²) in [7, 11) is 0. The molecule has 0 unspecified atom stereocenters. The van der Waals surface area contributed by atoms with E-state index in [1.165, 1.54) is 156 Å². The Bertz CT molecular complexity index is 5330. The predicted molar refractivity (Wildman–Crippen MR) is 573 cm³/mol. The topological polar surface area (TPSA) is 0 Å². The largest absolute Gasteiger partial charge is 0.0579 e. The van der Waals surface area contributed by atoms with Crippen LogP contribution in [0.15, 0.2) is 267 Å². The third-order valence-electron chi connectivity index (χ3n) is 28.4. The molecule has 4 fully saturated rings. The lowest BCUT2D eigenvalue weighted by atomic mass is 9.32. The molecule has 4 aliphatic rings. The second-order valence-electron chi connectivity index (χ2n) is 47.4. The molecule has 0 heteroatoms. The lowest BCUT2D eigenvalue weighted by Gasteiger charge is -2.71. The first-order chi connectivity index (χ1) is 61.1. The van der Waals surface area contributed by atoms with Gasteiger partial charge >= 0.3 is 0 Å². The zero-order valence-electron chi connectivity index (χ0n) is 82.9. The lowest BCUT2D eigenvalue weighted by Crippen LogP contribution is -2.67. The van der Waals surface area contributed by atoms with E-state index in [9.17, 15) is 0 Å². The van der Waals surface area contributed by atoms with Gasteiger partial charge in [-0.1, -0.05) is 530 Å². The number of hydrogen-bond acceptors (Lipinski definition) is 0. The molecule has 4 aliphatic carbocycles. The van der Waals surface area contributed by atoms with E-state index in [1.54, 1.807) is 0 Å². The highest BCUT2D eigenvalue weighted by atomic mass is 14.7. The lowest BCUT2D eigenvalue weighted by molar-refractivity contribution is -0.0691. The maximum atomic E-state index is 2.52. The van der Waals surface area contributed by atoms with Crippen LogP contribution in [0.4, 0.5) is 0 Å². The molecule has 12 aromatic carbocycles. The fourth-order valence-electron chi connectivity index (χ4n) is 20.5. The molecule has 4 saturated carbocycles. The summed E-state index contributed by atoms with van der Waals surface area (Å²) in [6, 6.07) is 104. The monoisotopic (exact) mass is 1710 g/mol. The molecule has 130 heavy (non-hydrogen) atoms. The van der Waals surface area contributed by atoms with Crippen molar-refractivity contribution in [3.8, 4) is 0 Å². The van der Waals surface area contributed by atoms with Crippen LogP contribution in [0.25, 0.3) is 97.2 Å². The Labute approximate surface area is 784 Å². The van der Waals surface area contributed by atoms with E-state index in [-0.39, 0.29) is 65.0 Å². The van der Waals surface area contributed by atoms with Crippen LogP contribution < -0.4 is 0 Å². The quantitative estimate of drug-likeness (QED) is 0.0667. The van der Waals surface area contributed by atoms with Crippen LogP contribution in [0, 0.1) is 0 Å². The minimum Gasteiger partial charge on any atom is -0.0579 e. The van der Waals surface area contributed by atoms with Crippen LogP contribution in [0.5, 0.6) is 0 Å². The molecule has 0 saturated heterocycles. The van der Waals surface area contributed by atoms with Gasteiger partial charge < -0.3 is 0 Å². The Kier molecular flexibility index (Phi) is 25.8. The van der Waals surface area contributed by atoms with Gasteiger partial charge in [0.15, 0.2) is 0 Å². The molecule has 0 aromatic heterocycles. The van der Waals surface area contributed by atoms with Gasteiger partial charge in [-0.15, -0.1) is 0 Å². The Hall–Kier alpha value is -11.4. The van der Waals surface area contributed by atoms with Gasteiger partial charge in [0.25, 0.3) is 0 Å². The summed E-state index contributed by atoms with van der Waals surface area (Å²) < 4.78 is 0. The average Bonchev–Trinajstić information content (AvgIpc) is 0.663. The Morgan fingerprint density at radius 1 is 0.131 bits per heavy atom. The SMILES string of the molecule is CC(C)(C)c1cc(/C=C/c2ccc(/C=C/c3ccc(C45CC6(c7ccc(/C=C/c8ccc(/C=C/c9cc(C(C)(C)C)cc(C(C)(C)C)c9)cc8)cc7)CC(c7ccc(/C=C/c8ccc(/C=C/c9cc(C(C)(C)C)cc(C(C)(C)C)c9)cc8)cc7)(C4)CC(c4ccc(/C=C/c7ccc(/C=C/c8cc(C(C)(C)C)cc(C(C)(C)C)c8)cc7)cc4)(C5)C6)cc3)cc2)cc(C(C)(C)C)c1. The molecule has 0 N–H and O–H groups in total. The maximum absolute atomic E-state index is 2.52. The third kappa shape index (κ3) is 22.2. The van der Waals surface area contributed by atoms with Crippen molar-refractivity contribution in [1.29, 1.82) is 0 Å². The highest BCUT2D eigenvalue weighted by Gasteiger charge is 2.69. The smallest absolute Gasteiger partial charge is 0.00215 e. The van der Waals surface area contributed by atoms with E-state index in [4.69, 9.17) is 0 Å². The average molecular weight is 1710 g/mol.